The Morgan fingerprint density at radius 2 is 2.06 bits per heavy atom. The van der Waals surface area contributed by atoms with Crippen LogP contribution in [0.15, 0.2) is 28.9 Å². The summed E-state index contributed by atoms with van der Waals surface area (Å²) in [5.74, 6) is -1.02. The molecule has 0 unspecified atom stereocenters. The standard InChI is InChI=1S/C12H11BrN2O2/c1-15(2)7-3-4-8-9(5-7)11(12(16)17)14-6-10(8)13/h3-6H,1-2H3,(H,16,17). The zero-order chi connectivity index (χ0) is 12.6. The van der Waals surface area contributed by atoms with E-state index in [9.17, 15) is 4.79 Å². The fraction of sp³-hybridized carbons (Fsp3) is 0.167. The highest BCUT2D eigenvalue weighted by molar-refractivity contribution is 9.10. The first-order chi connectivity index (χ1) is 8.00. The molecule has 0 bridgehead atoms. The summed E-state index contributed by atoms with van der Waals surface area (Å²) >= 11 is 3.37. The van der Waals surface area contributed by atoms with E-state index < -0.39 is 5.97 Å². The highest BCUT2D eigenvalue weighted by atomic mass is 79.9. The van der Waals surface area contributed by atoms with Crippen molar-refractivity contribution in [2.75, 3.05) is 19.0 Å². The molecular formula is C12H11BrN2O2. The van der Waals surface area contributed by atoms with E-state index in [1.54, 1.807) is 0 Å². The molecule has 1 aromatic heterocycles. The molecule has 0 fully saturated rings. The van der Waals surface area contributed by atoms with Gasteiger partial charge in [-0.3, -0.25) is 0 Å². The van der Waals surface area contributed by atoms with Crippen molar-refractivity contribution >= 4 is 38.4 Å². The van der Waals surface area contributed by atoms with Crippen LogP contribution in [0.4, 0.5) is 5.69 Å². The number of pyridine rings is 1. The summed E-state index contributed by atoms with van der Waals surface area (Å²) in [5, 5.41) is 10.6. The molecule has 17 heavy (non-hydrogen) atoms. The molecule has 1 aromatic carbocycles. The number of hydrogen-bond acceptors (Lipinski definition) is 3. The predicted molar refractivity (Wildman–Crippen MR) is 70.7 cm³/mol. The van der Waals surface area contributed by atoms with Crippen molar-refractivity contribution in [2.24, 2.45) is 0 Å². The molecule has 0 aliphatic heterocycles. The number of carboxylic acids is 1. The summed E-state index contributed by atoms with van der Waals surface area (Å²) in [4.78, 5) is 17.0. The second-order valence-electron chi connectivity index (χ2n) is 3.88. The fourth-order valence-electron chi connectivity index (χ4n) is 1.65. The van der Waals surface area contributed by atoms with E-state index in [4.69, 9.17) is 5.11 Å². The number of nitrogens with zero attached hydrogens (tertiary/aromatic N) is 2. The second kappa shape index (κ2) is 4.33. The number of halogens is 1. The molecule has 0 aliphatic rings. The number of rotatable bonds is 2. The topological polar surface area (TPSA) is 53.4 Å². The van der Waals surface area contributed by atoms with E-state index in [-0.39, 0.29) is 5.69 Å². The van der Waals surface area contributed by atoms with Gasteiger partial charge in [0.15, 0.2) is 5.69 Å². The number of carboxylic acid groups (broad SMARTS) is 1. The van der Waals surface area contributed by atoms with E-state index in [0.717, 1.165) is 15.5 Å². The lowest BCUT2D eigenvalue weighted by Crippen LogP contribution is -2.09. The van der Waals surface area contributed by atoms with Gasteiger partial charge in [-0.15, -0.1) is 0 Å². The average Bonchev–Trinajstić information content (AvgIpc) is 2.28. The SMILES string of the molecule is CN(C)c1ccc2c(Br)cnc(C(=O)O)c2c1. The molecule has 88 valence electrons. The van der Waals surface area contributed by atoms with Gasteiger partial charge in [0.25, 0.3) is 0 Å². The largest absolute Gasteiger partial charge is 0.476 e. The van der Waals surface area contributed by atoms with Crippen molar-refractivity contribution in [1.82, 2.24) is 4.98 Å². The molecule has 0 aliphatic carbocycles. The van der Waals surface area contributed by atoms with Gasteiger partial charge in [0.05, 0.1) is 0 Å². The van der Waals surface area contributed by atoms with Crippen LogP contribution in [0.25, 0.3) is 10.8 Å². The van der Waals surface area contributed by atoms with Crippen LogP contribution in [0.1, 0.15) is 10.5 Å². The van der Waals surface area contributed by atoms with Crippen molar-refractivity contribution in [3.63, 3.8) is 0 Å². The number of fused-ring (bicyclic) bond motifs is 1. The van der Waals surface area contributed by atoms with Gasteiger partial charge in [-0.2, -0.15) is 0 Å². The maximum atomic E-state index is 11.1. The van der Waals surface area contributed by atoms with Gasteiger partial charge in [0.2, 0.25) is 0 Å². The highest BCUT2D eigenvalue weighted by Gasteiger charge is 2.13. The fourth-order valence-corrected chi connectivity index (χ4v) is 2.09. The third-order valence-electron chi connectivity index (χ3n) is 2.54. The number of benzene rings is 1. The van der Waals surface area contributed by atoms with Crippen LogP contribution in [0.2, 0.25) is 0 Å². The molecule has 0 amide bonds. The molecule has 0 saturated carbocycles. The summed E-state index contributed by atoms with van der Waals surface area (Å²) in [6.45, 7) is 0. The number of carbonyl (C=O) groups is 1. The molecule has 2 rings (SSSR count). The van der Waals surface area contributed by atoms with Gasteiger partial charge >= 0.3 is 5.97 Å². The first kappa shape index (κ1) is 11.9. The first-order valence-electron chi connectivity index (χ1n) is 4.99. The number of aromatic nitrogens is 1. The average molecular weight is 295 g/mol. The number of aromatic carboxylic acids is 1. The van der Waals surface area contributed by atoms with Crippen LogP contribution in [0.5, 0.6) is 0 Å². The summed E-state index contributed by atoms with van der Waals surface area (Å²) in [5.41, 5.74) is 1.02. The Kier molecular flexibility index (Phi) is 3.02. The van der Waals surface area contributed by atoms with Crippen LogP contribution in [0.3, 0.4) is 0 Å². The zero-order valence-corrected chi connectivity index (χ0v) is 11.0. The molecule has 0 radical (unpaired) electrons. The van der Waals surface area contributed by atoms with Crippen molar-refractivity contribution in [1.29, 1.82) is 0 Å². The Hall–Kier alpha value is -1.62. The minimum absolute atomic E-state index is 0.0758. The summed E-state index contributed by atoms with van der Waals surface area (Å²) in [7, 11) is 3.82. The minimum atomic E-state index is -1.02. The van der Waals surface area contributed by atoms with Crippen LogP contribution in [-0.4, -0.2) is 30.2 Å². The Bertz CT molecular complexity index is 596. The highest BCUT2D eigenvalue weighted by Crippen LogP contribution is 2.28. The lowest BCUT2D eigenvalue weighted by atomic mass is 10.1. The van der Waals surface area contributed by atoms with Crippen LogP contribution >= 0.6 is 15.9 Å². The zero-order valence-electron chi connectivity index (χ0n) is 9.44. The third kappa shape index (κ3) is 2.10. The minimum Gasteiger partial charge on any atom is -0.476 e. The summed E-state index contributed by atoms with van der Waals surface area (Å²) in [6, 6.07) is 5.66. The van der Waals surface area contributed by atoms with E-state index in [0.29, 0.717) is 5.39 Å². The number of hydrogen-bond donors (Lipinski definition) is 1. The smallest absolute Gasteiger partial charge is 0.355 e. The third-order valence-corrected chi connectivity index (χ3v) is 3.17. The van der Waals surface area contributed by atoms with E-state index in [1.165, 1.54) is 6.20 Å². The van der Waals surface area contributed by atoms with E-state index >= 15 is 0 Å². The first-order valence-corrected chi connectivity index (χ1v) is 5.79. The molecule has 0 spiro atoms. The molecule has 1 heterocycles. The molecule has 0 saturated heterocycles. The normalized spacial score (nSPS) is 10.5. The molecule has 2 aromatic rings. The summed E-state index contributed by atoms with van der Waals surface area (Å²) < 4.78 is 0.794. The Morgan fingerprint density at radius 1 is 1.35 bits per heavy atom. The van der Waals surface area contributed by atoms with Gasteiger partial charge in [0, 0.05) is 41.2 Å². The number of anilines is 1. The van der Waals surface area contributed by atoms with Crippen LogP contribution < -0.4 is 4.90 Å². The monoisotopic (exact) mass is 294 g/mol. The van der Waals surface area contributed by atoms with Crippen molar-refractivity contribution < 1.29 is 9.90 Å². The van der Waals surface area contributed by atoms with Crippen molar-refractivity contribution in [2.45, 2.75) is 0 Å². The molecule has 5 heteroatoms. The predicted octanol–water partition coefficient (Wildman–Crippen LogP) is 2.76. The van der Waals surface area contributed by atoms with Gasteiger partial charge in [-0.1, -0.05) is 6.07 Å². The maximum Gasteiger partial charge on any atom is 0.355 e. The summed E-state index contributed by atoms with van der Waals surface area (Å²) in [6.07, 6.45) is 1.52. The second-order valence-corrected chi connectivity index (χ2v) is 4.74. The molecule has 4 nitrogen and oxygen atoms in total. The Balaban J connectivity index is 2.80. The van der Waals surface area contributed by atoms with E-state index in [2.05, 4.69) is 20.9 Å². The Labute approximate surface area is 107 Å². The lowest BCUT2D eigenvalue weighted by molar-refractivity contribution is 0.0693. The molecular weight excluding hydrogens is 284 g/mol. The lowest BCUT2D eigenvalue weighted by Gasteiger charge is -2.14. The van der Waals surface area contributed by atoms with Gasteiger partial charge in [0.1, 0.15) is 0 Å². The van der Waals surface area contributed by atoms with Crippen molar-refractivity contribution in [3.05, 3.63) is 34.6 Å². The quantitative estimate of drug-likeness (QED) is 0.925. The Morgan fingerprint density at radius 3 is 2.65 bits per heavy atom. The van der Waals surface area contributed by atoms with Gasteiger partial charge < -0.3 is 10.0 Å². The van der Waals surface area contributed by atoms with Gasteiger partial charge in [-0.25, -0.2) is 9.78 Å². The van der Waals surface area contributed by atoms with Gasteiger partial charge in [-0.05, 0) is 28.1 Å². The molecule has 0 atom stereocenters. The van der Waals surface area contributed by atoms with Crippen LogP contribution in [0, 0.1) is 0 Å². The van der Waals surface area contributed by atoms with E-state index in [1.807, 2.05) is 37.2 Å². The maximum absolute atomic E-state index is 11.1. The van der Waals surface area contributed by atoms with Crippen LogP contribution in [-0.2, 0) is 0 Å². The molecule has 1 N–H and O–H groups in total. The van der Waals surface area contributed by atoms with Crippen molar-refractivity contribution in [3.8, 4) is 0 Å².